The zero-order valence-electron chi connectivity index (χ0n) is 11.4. The summed E-state index contributed by atoms with van der Waals surface area (Å²) in [7, 11) is 0. The second kappa shape index (κ2) is 5.86. The number of aromatic amines is 1. The highest BCUT2D eigenvalue weighted by atomic mass is 16.1. The number of benzene rings is 1. The summed E-state index contributed by atoms with van der Waals surface area (Å²) in [6.07, 6.45) is 6.86. The van der Waals surface area contributed by atoms with Crippen LogP contribution in [0.5, 0.6) is 0 Å². The first kappa shape index (κ1) is 12.8. The van der Waals surface area contributed by atoms with E-state index >= 15 is 0 Å². The first-order valence-corrected chi connectivity index (χ1v) is 7.07. The van der Waals surface area contributed by atoms with E-state index in [-0.39, 0.29) is 5.91 Å². The summed E-state index contributed by atoms with van der Waals surface area (Å²) in [5, 5.41) is 9.47. The van der Waals surface area contributed by atoms with Gasteiger partial charge in [0, 0.05) is 18.5 Å². The monoisotopic (exact) mass is 270 g/mol. The largest absolute Gasteiger partial charge is 0.352 e. The van der Waals surface area contributed by atoms with Crippen LogP contribution < -0.4 is 5.32 Å². The number of aromatic nitrogens is 3. The second-order valence-corrected chi connectivity index (χ2v) is 5.13. The maximum atomic E-state index is 12.1. The minimum Gasteiger partial charge on any atom is -0.352 e. The molecule has 0 aliphatic heterocycles. The van der Waals surface area contributed by atoms with Crippen molar-refractivity contribution in [1.82, 2.24) is 20.5 Å². The zero-order chi connectivity index (χ0) is 13.8. The van der Waals surface area contributed by atoms with Gasteiger partial charge in [0.2, 0.25) is 0 Å². The fraction of sp³-hybridized carbons (Fsp3) is 0.400. The Morgan fingerprint density at radius 2 is 2.10 bits per heavy atom. The Labute approximate surface area is 117 Å². The van der Waals surface area contributed by atoms with E-state index in [0.717, 1.165) is 24.2 Å². The van der Waals surface area contributed by atoms with Gasteiger partial charge in [0.25, 0.3) is 5.91 Å². The van der Waals surface area contributed by atoms with Crippen LogP contribution in [0.15, 0.2) is 24.5 Å². The number of nitrogens with one attached hydrogen (secondary N) is 2. The number of hydrogen-bond donors (Lipinski definition) is 2. The summed E-state index contributed by atoms with van der Waals surface area (Å²) in [5.74, 6) is 0.772. The third kappa shape index (κ3) is 2.87. The Morgan fingerprint density at radius 1 is 1.25 bits per heavy atom. The van der Waals surface area contributed by atoms with Crippen molar-refractivity contribution in [2.24, 2.45) is 0 Å². The van der Waals surface area contributed by atoms with Crippen LogP contribution in [0.1, 0.15) is 40.2 Å². The molecular weight excluding hydrogens is 252 g/mol. The smallest absolute Gasteiger partial charge is 0.251 e. The molecule has 0 spiro atoms. The lowest BCUT2D eigenvalue weighted by atomic mass is 9.90. The highest BCUT2D eigenvalue weighted by molar-refractivity contribution is 5.94. The molecule has 5 nitrogen and oxygen atoms in total. The Morgan fingerprint density at radius 3 is 2.90 bits per heavy atom. The number of amides is 1. The zero-order valence-corrected chi connectivity index (χ0v) is 11.4. The van der Waals surface area contributed by atoms with Crippen molar-refractivity contribution >= 4 is 5.91 Å². The minimum absolute atomic E-state index is 0.0158. The molecule has 5 heteroatoms. The standard InChI is InChI=1S/C15H18N4O/c20-15(16-8-7-14-17-10-18-19-14)13-6-5-11-3-1-2-4-12(11)9-13/h5-6,9-10H,1-4,7-8H2,(H,16,20)(H,17,18,19). The molecule has 0 saturated heterocycles. The molecule has 0 saturated carbocycles. The van der Waals surface area contributed by atoms with Crippen molar-refractivity contribution in [3.05, 3.63) is 47.0 Å². The van der Waals surface area contributed by atoms with Crippen LogP contribution in [0.25, 0.3) is 0 Å². The van der Waals surface area contributed by atoms with Gasteiger partial charge in [-0.3, -0.25) is 9.89 Å². The quantitative estimate of drug-likeness (QED) is 0.887. The van der Waals surface area contributed by atoms with E-state index in [2.05, 4.69) is 26.6 Å². The fourth-order valence-corrected chi connectivity index (χ4v) is 2.62. The maximum absolute atomic E-state index is 12.1. The van der Waals surface area contributed by atoms with Crippen LogP contribution in [0.2, 0.25) is 0 Å². The van der Waals surface area contributed by atoms with E-state index < -0.39 is 0 Å². The van der Waals surface area contributed by atoms with Crippen LogP contribution in [0.4, 0.5) is 0 Å². The van der Waals surface area contributed by atoms with Gasteiger partial charge in [-0.1, -0.05) is 6.07 Å². The van der Waals surface area contributed by atoms with E-state index in [9.17, 15) is 4.79 Å². The van der Waals surface area contributed by atoms with E-state index in [1.807, 2.05) is 12.1 Å². The van der Waals surface area contributed by atoms with Crippen molar-refractivity contribution in [2.45, 2.75) is 32.1 Å². The molecule has 1 heterocycles. The van der Waals surface area contributed by atoms with Gasteiger partial charge in [0.15, 0.2) is 0 Å². The van der Waals surface area contributed by atoms with E-state index in [4.69, 9.17) is 0 Å². The lowest BCUT2D eigenvalue weighted by Gasteiger charge is -2.16. The first-order chi connectivity index (χ1) is 9.83. The number of rotatable bonds is 4. The molecule has 1 amide bonds. The van der Waals surface area contributed by atoms with E-state index in [1.165, 1.54) is 30.3 Å². The molecule has 0 atom stereocenters. The molecule has 2 N–H and O–H groups in total. The number of fused-ring (bicyclic) bond motifs is 1. The van der Waals surface area contributed by atoms with Gasteiger partial charge in [-0.05, 0) is 48.9 Å². The van der Waals surface area contributed by atoms with Gasteiger partial charge in [-0.2, -0.15) is 5.10 Å². The van der Waals surface area contributed by atoms with Crippen molar-refractivity contribution in [2.75, 3.05) is 6.54 Å². The Balaban J connectivity index is 1.59. The van der Waals surface area contributed by atoms with Gasteiger partial charge >= 0.3 is 0 Å². The molecule has 1 aromatic heterocycles. The normalized spacial score (nSPS) is 13.8. The number of nitrogens with zero attached hydrogens (tertiary/aromatic N) is 2. The molecule has 0 unspecified atom stereocenters. The molecule has 0 fully saturated rings. The highest BCUT2D eigenvalue weighted by Gasteiger charge is 2.12. The van der Waals surface area contributed by atoms with Crippen molar-refractivity contribution in [1.29, 1.82) is 0 Å². The summed E-state index contributed by atoms with van der Waals surface area (Å²) in [6.45, 7) is 0.561. The summed E-state index contributed by atoms with van der Waals surface area (Å²) in [6, 6.07) is 6.06. The molecule has 0 radical (unpaired) electrons. The van der Waals surface area contributed by atoms with E-state index in [0.29, 0.717) is 13.0 Å². The summed E-state index contributed by atoms with van der Waals surface area (Å²) in [5.41, 5.74) is 3.48. The summed E-state index contributed by atoms with van der Waals surface area (Å²) in [4.78, 5) is 16.1. The van der Waals surface area contributed by atoms with Gasteiger partial charge in [-0.25, -0.2) is 4.98 Å². The first-order valence-electron chi connectivity index (χ1n) is 7.07. The van der Waals surface area contributed by atoms with Gasteiger partial charge in [0.05, 0.1) is 0 Å². The molecule has 1 aromatic carbocycles. The summed E-state index contributed by atoms with van der Waals surface area (Å²) >= 11 is 0. The lowest BCUT2D eigenvalue weighted by Crippen LogP contribution is -2.26. The number of carbonyl (C=O) groups is 1. The second-order valence-electron chi connectivity index (χ2n) is 5.13. The summed E-state index contributed by atoms with van der Waals surface area (Å²) < 4.78 is 0. The molecule has 1 aliphatic carbocycles. The number of H-pyrrole nitrogens is 1. The van der Waals surface area contributed by atoms with Crippen LogP contribution in [0.3, 0.4) is 0 Å². The van der Waals surface area contributed by atoms with Crippen LogP contribution in [0, 0.1) is 0 Å². The molecule has 2 aromatic rings. The van der Waals surface area contributed by atoms with Crippen molar-refractivity contribution in [3.8, 4) is 0 Å². The molecule has 3 rings (SSSR count). The minimum atomic E-state index is -0.0158. The average molecular weight is 270 g/mol. The molecular formula is C15H18N4O. The predicted octanol–water partition coefficient (Wildman–Crippen LogP) is 1.66. The highest BCUT2D eigenvalue weighted by Crippen LogP contribution is 2.22. The molecule has 104 valence electrons. The molecule has 20 heavy (non-hydrogen) atoms. The van der Waals surface area contributed by atoms with Crippen LogP contribution in [-0.2, 0) is 19.3 Å². The number of carbonyl (C=O) groups excluding carboxylic acids is 1. The number of aryl methyl sites for hydroxylation is 2. The maximum Gasteiger partial charge on any atom is 0.251 e. The average Bonchev–Trinajstić information content (AvgIpc) is 3.00. The van der Waals surface area contributed by atoms with Gasteiger partial charge in [0.1, 0.15) is 12.2 Å². The van der Waals surface area contributed by atoms with Crippen LogP contribution in [-0.4, -0.2) is 27.6 Å². The predicted molar refractivity (Wildman–Crippen MR) is 75.5 cm³/mol. The molecule has 1 aliphatic rings. The Bertz CT molecular complexity index is 592. The van der Waals surface area contributed by atoms with Crippen molar-refractivity contribution in [3.63, 3.8) is 0 Å². The molecule has 0 bridgehead atoms. The van der Waals surface area contributed by atoms with Gasteiger partial charge in [-0.15, -0.1) is 0 Å². The third-order valence-corrected chi connectivity index (χ3v) is 3.72. The van der Waals surface area contributed by atoms with Gasteiger partial charge < -0.3 is 5.32 Å². The lowest BCUT2D eigenvalue weighted by molar-refractivity contribution is 0.0954. The Hall–Kier alpha value is -2.17. The van der Waals surface area contributed by atoms with Crippen molar-refractivity contribution < 1.29 is 4.79 Å². The van der Waals surface area contributed by atoms with Crippen LogP contribution >= 0.6 is 0 Å². The number of hydrogen-bond acceptors (Lipinski definition) is 3. The fourth-order valence-electron chi connectivity index (χ4n) is 2.62. The topological polar surface area (TPSA) is 70.7 Å². The Kier molecular flexibility index (Phi) is 3.76. The SMILES string of the molecule is O=C(NCCc1ncn[nH]1)c1ccc2c(c1)CCCC2. The third-order valence-electron chi connectivity index (χ3n) is 3.72. The van der Waals surface area contributed by atoms with E-state index in [1.54, 1.807) is 0 Å².